The first kappa shape index (κ1) is 21.4. The molecule has 2 amide bonds. The highest BCUT2D eigenvalue weighted by Gasteiger charge is 2.15. The van der Waals surface area contributed by atoms with E-state index in [2.05, 4.69) is 10.6 Å². The van der Waals surface area contributed by atoms with Gasteiger partial charge in [0.15, 0.2) is 0 Å². The van der Waals surface area contributed by atoms with Gasteiger partial charge in [-0.05, 0) is 37.9 Å². The molecule has 0 aliphatic rings. The summed E-state index contributed by atoms with van der Waals surface area (Å²) in [6.45, 7) is 1.75. The van der Waals surface area contributed by atoms with Gasteiger partial charge in [-0.2, -0.15) is 0 Å². The Morgan fingerprint density at radius 1 is 1.07 bits per heavy atom. The molecule has 0 fully saturated rings. The monoisotopic (exact) mass is 402 g/mol. The molecule has 2 aromatic carbocycles. The number of thioether (sulfide) groups is 1. The highest BCUT2D eigenvalue weighted by Crippen LogP contribution is 2.24. The fourth-order valence-electron chi connectivity index (χ4n) is 2.53. The summed E-state index contributed by atoms with van der Waals surface area (Å²) in [5.41, 5.74) is 1.73. The Morgan fingerprint density at radius 2 is 1.68 bits per heavy atom. The minimum absolute atomic E-state index is 0.0280. The van der Waals surface area contributed by atoms with Gasteiger partial charge in [0.05, 0.1) is 29.4 Å². The first-order valence-corrected chi connectivity index (χ1v) is 9.69. The summed E-state index contributed by atoms with van der Waals surface area (Å²) in [7, 11) is 1.65. The Morgan fingerprint density at radius 3 is 2.29 bits per heavy atom. The van der Waals surface area contributed by atoms with Gasteiger partial charge in [-0.1, -0.05) is 18.2 Å². The zero-order valence-electron chi connectivity index (χ0n) is 15.9. The third kappa shape index (κ3) is 6.07. The summed E-state index contributed by atoms with van der Waals surface area (Å²) in [5.74, 6) is -0.591. The van der Waals surface area contributed by atoms with Crippen LogP contribution in [0.2, 0.25) is 0 Å². The third-order valence-electron chi connectivity index (χ3n) is 3.91. The van der Waals surface area contributed by atoms with Crippen molar-refractivity contribution in [1.82, 2.24) is 4.90 Å². The molecular weight excluding hydrogens is 380 g/mol. The van der Waals surface area contributed by atoms with Crippen molar-refractivity contribution in [1.29, 1.82) is 0 Å². The highest BCUT2D eigenvalue weighted by molar-refractivity contribution is 7.98. The van der Waals surface area contributed by atoms with Crippen LogP contribution < -0.4 is 10.6 Å². The topological polar surface area (TPSA) is 105 Å². The van der Waals surface area contributed by atoms with E-state index in [0.29, 0.717) is 11.3 Å². The molecule has 0 bridgehead atoms. The minimum Gasteiger partial charge on any atom is -0.324 e. The highest BCUT2D eigenvalue weighted by atomic mass is 32.2. The van der Waals surface area contributed by atoms with Gasteiger partial charge < -0.3 is 10.6 Å². The van der Waals surface area contributed by atoms with Crippen LogP contribution in [-0.2, 0) is 9.59 Å². The molecule has 8 nitrogen and oxygen atoms in total. The van der Waals surface area contributed by atoms with Crippen molar-refractivity contribution < 1.29 is 14.5 Å². The molecule has 0 heterocycles. The number of amides is 2. The average molecular weight is 402 g/mol. The summed E-state index contributed by atoms with van der Waals surface area (Å²) in [6.07, 6.45) is 1.93. The maximum Gasteiger partial charge on any atom is 0.271 e. The maximum absolute atomic E-state index is 12.2. The van der Waals surface area contributed by atoms with Gasteiger partial charge in [0.25, 0.3) is 5.69 Å². The molecule has 0 aromatic heterocycles. The molecule has 0 aliphatic carbocycles. The Hall–Kier alpha value is -2.91. The number of hydrogen-bond donors (Lipinski definition) is 2. The van der Waals surface area contributed by atoms with Crippen LogP contribution in [0.25, 0.3) is 0 Å². The van der Waals surface area contributed by atoms with Crippen LogP contribution >= 0.6 is 11.8 Å². The van der Waals surface area contributed by atoms with Crippen molar-refractivity contribution in [2.24, 2.45) is 0 Å². The number of nitrogens with one attached hydrogen (secondary N) is 2. The second kappa shape index (κ2) is 9.86. The van der Waals surface area contributed by atoms with Crippen molar-refractivity contribution in [2.45, 2.75) is 11.8 Å². The largest absolute Gasteiger partial charge is 0.324 e. The van der Waals surface area contributed by atoms with Crippen LogP contribution in [0.15, 0.2) is 47.4 Å². The lowest BCUT2D eigenvalue weighted by Crippen LogP contribution is -2.36. The lowest BCUT2D eigenvalue weighted by molar-refractivity contribution is -0.384. The standard InChI is InChI=1S/C19H22N4O4S/c1-13-8-9-14(23(26)27)10-16(13)21-19(25)12-22(2)11-18(24)20-15-6-4-5-7-17(15)28-3/h4-10H,11-12H2,1-3H3,(H,20,24)(H,21,25). The van der Waals surface area contributed by atoms with Crippen molar-refractivity contribution in [3.05, 3.63) is 58.1 Å². The number of benzene rings is 2. The normalized spacial score (nSPS) is 10.6. The summed E-state index contributed by atoms with van der Waals surface area (Å²) >= 11 is 1.53. The van der Waals surface area contributed by atoms with Gasteiger partial charge in [-0.25, -0.2) is 0 Å². The van der Waals surface area contributed by atoms with Crippen molar-refractivity contribution in [3.8, 4) is 0 Å². The molecule has 2 N–H and O–H groups in total. The number of nitrogens with zero attached hydrogens (tertiary/aromatic N) is 2. The fourth-order valence-corrected chi connectivity index (χ4v) is 3.09. The van der Waals surface area contributed by atoms with E-state index in [-0.39, 0.29) is 30.6 Å². The van der Waals surface area contributed by atoms with Crippen molar-refractivity contribution >= 4 is 40.6 Å². The molecular formula is C19H22N4O4S. The number of nitro groups is 1. The predicted molar refractivity (Wildman–Crippen MR) is 111 cm³/mol. The lowest BCUT2D eigenvalue weighted by atomic mass is 10.2. The number of nitro benzene ring substituents is 1. The van der Waals surface area contributed by atoms with E-state index in [1.54, 1.807) is 24.9 Å². The van der Waals surface area contributed by atoms with Gasteiger partial charge >= 0.3 is 0 Å². The van der Waals surface area contributed by atoms with E-state index in [0.717, 1.165) is 10.6 Å². The molecule has 0 saturated heterocycles. The van der Waals surface area contributed by atoms with E-state index in [9.17, 15) is 19.7 Å². The number of carbonyl (C=O) groups is 2. The summed E-state index contributed by atoms with van der Waals surface area (Å²) in [6, 6.07) is 11.8. The Balaban J connectivity index is 1.91. The SMILES string of the molecule is CSc1ccccc1NC(=O)CN(C)CC(=O)Nc1cc([N+](=O)[O-])ccc1C. The number of anilines is 2. The van der Waals surface area contributed by atoms with E-state index < -0.39 is 4.92 Å². The summed E-state index contributed by atoms with van der Waals surface area (Å²) in [5, 5.41) is 16.4. The number of para-hydroxylation sites is 1. The number of non-ortho nitro benzene ring substituents is 1. The molecule has 9 heteroatoms. The second-order valence-electron chi connectivity index (χ2n) is 6.23. The van der Waals surface area contributed by atoms with Crippen molar-refractivity contribution in [3.63, 3.8) is 0 Å². The van der Waals surface area contributed by atoms with Gasteiger partial charge in [-0.3, -0.25) is 24.6 Å². The second-order valence-corrected chi connectivity index (χ2v) is 7.07. The van der Waals surface area contributed by atoms with Crippen LogP contribution in [0.1, 0.15) is 5.56 Å². The van der Waals surface area contributed by atoms with E-state index in [4.69, 9.17) is 0 Å². The number of rotatable bonds is 8. The molecule has 0 spiro atoms. The molecule has 2 aromatic rings. The zero-order chi connectivity index (χ0) is 20.7. The number of likely N-dealkylation sites (N-methyl/N-ethyl adjacent to an activating group) is 1. The van der Waals surface area contributed by atoms with Gasteiger partial charge in [0, 0.05) is 17.0 Å². The molecule has 28 heavy (non-hydrogen) atoms. The van der Waals surface area contributed by atoms with Crippen LogP contribution in [0.4, 0.5) is 17.1 Å². The number of carbonyl (C=O) groups excluding carboxylic acids is 2. The fraction of sp³-hybridized carbons (Fsp3) is 0.263. The Labute approximate surface area is 167 Å². The van der Waals surface area contributed by atoms with E-state index in [1.807, 2.05) is 30.5 Å². The summed E-state index contributed by atoms with van der Waals surface area (Å²) in [4.78, 5) is 37.4. The molecule has 2 rings (SSSR count). The van der Waals surface area contributed by atoms with Crippen LogP contribution in [0.3, 0.4) is 0 Å². The van der Waals surface area contributed by atoms with Gasteiger partial charge in [0.1, 0.15) is 0 Å². The Bertz CT molecular complexity index is 888. The van der Waals surface area contributed by atoms with Crippen LogP contribution in [0.5, 0.6) is 0 Å². The first-order valence-electron chi connectivity index (χ1n) is 8.46. The minimum atomic E-state index is -0.516. The molecule has 148 valence electrons. The van der Waals surface area contributed by atoms with Crippen LogP contribution in [-0.4, -0.2) is 48.0 Å². The molecule has 0 unspecified atom stereocenters. The van der Waals surface area contributed by atoms with E-state index in [1.165, 1.54) is 23.9 Å². The predicted octanol–water partition coefficient (Wildman–Crippen LogP) is 3.13. The molecule has 0 saturated carbocycles. The molecule has 0 radical (unpaired) electrons. The number of hydrogen-bond acceptors (Lipinski definition) is 6. The smallest absolute Gasteiger partial charge is 0.271 e. The van der Waals surface area contributed by atoms with Gasteiger partial charge in [0.2, 0.25) is 11.8 Å². The van der Waals surface area contributed by atoms with Gasteiger partial charge in [-0.15, -0.1) is 11.8 Å². The number of aryl methyl sites for hydroxylation is 1. The first-order chi connectivity index (χ1) is 13.3. The zero-order valence-corrected chi connectivity index (χ0v) is 16.7. The molecule has 0 aliphatic heterocycles. The average Bonchev–Trinajstić information content (AvgIpc) is 2.63. The van der Waals surface area contributed by atoms with Crippen LogP contribution in [0, 0.1) is 17.0 Å². The summed E-state index contributed by atoms with van der Waals surface area (Å²) < 4.78 is 0. The lowest BCUT2D eigenvalue weighted by Gasteiger charge is -2.17. The maximum atomic E-state index is 12.2. The third-order valence-corrected chi connectivity index (χ3v) is 4.71. The molecule has 0 atom stereocenters. The van der Waals surface area contributed by atoms with E-state index >= 15 is 0 Å². The quantitative estimate of drug-likeness (QED) is 0.399. The Kier molecular flexibility index (Phi) is 7.53. The van der Waals surface area contributed by atoms with Crippen molar-refractivity contribution in [2.75, 3.05) is 37.0 Å².